The zero-order valence-corrected chi connectivity index (χ0v) is 16.6. The van der Waals surface area contributed by atoms with Crippen LogP contribution in [-0.4, -0.2) is 40.0 Å². The second-order valence-corrected chi connectivity index (χ2v) is 8.12. The molecular weight excluding hydrogens is 390 g/mol. The third-order valence-corrected chi connectivity index (χ3v) is 5.67. The van der Waals surface area contributed by atoms with Crippen LogP contribution in [0.15, 0.2) is 24.5 Å². The summed E-state index contributed by atoms with van der Waals surface area (Å²) in [6.07, 6.45) is 3.19. The Balaban J connectivity index is 1.58. The van der Waals surface area contributed by atoms with Gasteiger partial charge in [0.1, 0.15) is 23.8 Å². The van der Waals surface area contributed by atoms with E-state index in [2.05, 4.69) is 9.97 Å². The molecule has 1 saturated heterocycles. The smallest absolute Gasteiger partial charge is 0.199 e. The molecule has 1 aromatic carbocycles. The summed E-state index contributed by atoms with van der Waals surface area (Å²) < 4.78 is 34.2. The number of nitriles is 1. The highest BCUT2D eigenvalue weighted by atomic mass is 19.1. The topological polar surface area (TPSA) is 112 Å². The summed E-state index contributed by atoms with van der Waals surface area (Å²) in [6.45, 7) is 2.58. The lowest BCUT2D eigenvalue weighted by molar-refractivity contribution is 0.191. The van der Waals surface area contributed by atoms with Gasteiger partial charge < -0.3 is 15.4 Å². The van der Waals surface area contributed by atoms with E-state index in [1.807, 2.05) is 11.8 Å². The van der Waals surface area contributed by atoms with E-state index < -0.39 is 11.5 Å². The van der Waals surface area contributed by atoms with Gasteiger partial charge in [0.25, 0.3) is 0 Å². The van der Waals surface area contributed by atoms with Gasteiger partial charge in [0, 0.05) is 49.3 Å². The van der Waals surface area contributed by atoms with Crippen LogP contribution < -0.4 is 15.4 Å². The number of nitrogens with zero attached hydrogens (tertiary/aromatic N) is 4. The predicted octanol–water partition coefficient (Wildman–Crippen LogP) is 3.38. The minimum absolute atomic E-state index is 0.0100. The molecule has 156 valence electrons. The molecule has 0 radical (unpaired) electrons. The lowest BCUT2D eigenvalue weighted by Crippen LogP contribution is -2.41. The molecule has 0 amide bonds. The van der Waals surface area contributed by atoms with Gasteiger partial charge >= 0.3 is 0 Å². The molecule has 7 nitrogen and oxygen atoms in total. The first kappa shape index (κ1) is 20.0. The zero-order valence-electron chi connectivity index (χ0n) is 16.6. The van der Waals surface area contributed by atoms with Crippen molar-refractivity contribution in [3.05, 3.63) is 41.6 Å². The van der Waals surface area contributed by atoms with E-state index in [1.165, 1.54) is 12.4 Å². The third kappa shape index (κ3) is 3.90. The standard InChI is InChI=1S/C21H22F2N6O/c1-20(2-3-20)30-17-8-13(15(25)9-14(17)22)19(26)16-10-18(28-12-27-16)29-6-4-21(23,11-24)5-7-29/h8-10,12,26H,2-7,25H2,1H3. The number of rotatable bonds is 5. The number of hydrogen-bond donors (Lipinski definition) is 2. The molecule has 3 N–H and O–H groups in total. The monoisotopic (exact) mass is 412 g/mol. The second-order valence-electron chi connectivity index (χ2n) is 8.12. The van der Waals surface area contributed by atoms with Gasteiger partial charge in [0.05, 0.1) is 11.4 Å². The Kier molecular flexibility index (Phi) is 4.80. The molecule has 0 spiro atoms. The van der Waals surface area contributed by atoms with Crippen molar-refractivity contribution in [3.8, 4) is 11.8 Å². The molecule has 1 saturated carbocycles. The fourth-order valence-electron chi connectivity index (χ4n) is 3.40. The highest BCUT2D eigenvalue weighted by Gasteiger charge is 2.41. The van der Waals surface area contributed by atoms with Crippen molar-refractivity contribution in [2.45, 2.75) is 43.9 Å². The van der Waals surface area contributed by atoms with Crippen LogP contribution in [0, 0.1) is 22.6 Å². The van der Waals surface area contributed by atoms with Crippen LogP contribution in [0.3, 0.4) is 0 Å². The molecule has 2 heterocycles. The highest BCUT2D eigenvalue weighted by molar-refractivity contribution is 6.13. The average molecular weight is 412 g/mol. The summed E-state index contributed by atoms with van der Waals surface area (Å²) in [7, 11) is 0. The predicted molar refractivity (Wildman–Crippen MR) is 108 cm³/mol. The Labute approximate surface area is 173 Å². The maximum Gasteiger partial charge on any atom is 0.199 e. The normalized spacial score (nSPS) is 19.1. The van der Waals surface area contributed by atoms with Crippen LogP contribution in [0.25, 0.3) is 0 Å². The number of benzene rings is 1. The number of halogens is 2. The van der Waals surface area contributed by atoms with Crippen molar-refractivity contribution in [2.75, 3.05) is 23.7 Å². The number of ether oxygens (including phenoxy) is 1. The zero-order chi connectivity index (χ0) is 21.5. The molecule has 4 rings (SSSR count). The van der Waals surface area contributed by atoms with Gasteiger partial charge in [-0.05, 0) is 25.8 Å². The number of aromatic nitrogens is 2. The van der Waals surface area contributed by atoms with Crippen LogP contribution in [0.1, 0.15) is 43.9 Å². The quantitative estimate of drug-likeness (QED) is 0.575. The number of nitrogens with two attached hydrogens (primary N) is 1. The van der Waals surface area contributed by atoms with Crippen molar-refractivity contribution in [1.82, 2.24) is 9.97 Å². The van der Waals surface area contributed by atoms with E-state index in [4.69, 9.17) is 21.1 Å². The van der Waals surface area contributed by atoms with Gasteiger partial charge in [-0.3, -0.25) is 5.41 Å². The first-order valence-corrected chi connectivity index (χ1v) is 9.76. The first-order valence-electron chi connectivity index (χ1n) is 9.76. The maximum atomic E-state index is 14.3. The van der Waals surface area contributed by atoms with E-state index >= 15 is 0 Å². The van der Waals surface area contributed by atoms with Crippen LogP contribution in [-0.2, 0) is 0 Å². The van der Waals surface area contributed by atoms with Gasteiger partial charge in [0.2, 0.25) is 0 Å². The van der Waals surface area contributed by atoms with Crippen molar-refractivity contribution < 1.29 is 13.5 Å². The van der Waals surface area contributed by atoms with E-state index in [9.17, 15) is 8.78 Å². The molecular formula is C21H22F2N6O. The number of nitrogen functional groups attached to an aromatic ring is 1. The van der Waals surface area contributed by atoms with Crippen LogP contribution in [0.2, 0.25) is 0 Å². The number of nitrogens with one attached hydrogen (secondary N) is 1. The minimum atomic E-state index is -1.81. The summed E-state index contributed by atoms with van der Waals surface area (Å²) >= 11 is 0. The number of anilines is 2. The lowest BCUT2D eigenvalue weighted by Gasteiger charge is -2.33. The fraction of sp³-hybridized carbons (Fsp3) is 0.429. The number of piperidine rings is 1. The summed E-state index contributed by atoms with van der Waals surface area (Å²) in [5.41, 5.74) is 4.53. The van der Waals surface area contributed by atoms with Gasteiger partial charge in [-0.25, -0.2) is 18.7 Å². The third-order valence-electron chi connectivity index (χ3n) is 5.67. The van der Waals surface area contributed by atoms with Gasteiger partial charge in [-0.2, -0.15) is 5.26 Å². The molecule has 30 heavy (non-hydrogen) atoms. The summed E-state index contributed by atoms with van der Waals surface area (Å²) in [5.74, 6) is 0.0264. The summed E-state index contributed by atoms with van der Waals surface area (Å²) in [4.78, 5) is 10.2. The lowest BCUT2D eigenvalue weighted by atomic mass is 9.95. The van der Waals surface area contributed by atoms with Gasteiger partial charge in [-0.15, -0.1) is 0 Å². The van der Waals surface area contributed by atoms with E-state index in [0.29, 0.717) is 30.2 Å². The summed E-state index contributed by atoms with van der Waals surface area (Å²) in [6, 6.07) is 5.93. The highest BCUT2D eigenvalue weighted by Crippen LogP contribution is 2.41. The largest absolute Gasteiger partial charge is 0.484 e. The second kappa shape index (κ2) is 7.20. The van der Waals surface area contributed by atoms with Crippen molar-refractivity contribution in [1.29, 1.82) is 10.7 Å². The molecule has 2 aliphatic rings. The van der Waals surface area contributed by atoms with E-state index in [-0.39, 0.29) is 35.6 Å². The molecule has 0 atom stereocenters. The van der Waals surface area contributed by atoms with Crippen LogP contribution in [0.5, 0.6) is 5.75 Å². The Morgan fingerprint density at radius 3 is 2.57 bits per heavy atom. The molecule has 0 unspecified atom stereocenters. The van der Waals surface area contributed by atoms with Gasteiger partial charge in [0.15, 0.2) is 17.2 Å². The number of alkyl halides is 1. The molecule has 1 aliphatic heterocycles. The Morgan fingerprint density at radius 1 is 1.23 bits per heavy atom. The molecule has 9 heteroatoms. The van der Waals surface area contributed by atoms with Crippen LogP contribution >= 0.6 is 0 Å². The van der Waals surface area contributed by atoms with E-state index in [1.54, 1.807) is 12.1 Å². The maximum absolute atomic E-state index is 14.3. The van der Waals surface area contributed by atoms with E-state index in [0.717, 1.165) is 18.9 Å². The number of hydrogen-bond acceptors (Lipinski definition) is 7. The van der Waals surface area contributed by atoms with Crippen LogP contribution in [0.4, 0.5) is 20.3 Å². The summed E-state index contributed by atoms with van der Waals surface area (Å²) in [5, 5.41) is 17.5. The molecule has 0 bridgehead atoms. The molecule has 2 fully saturated rings. The Bertz CT molecular complexity index is 1040. The molecule has 1 aromatic heterocycles. The van der Waals surface area contributed by atoms with Crippen molar-refractivity contribution in [3.63, 3.8) is 0 Å². The Morgan fingerprint density at radius 2 is 1.93 bits per heavy atom. The average Bonchev–Trinajstić information content (AvgIpc) is 3.47. The molecule has 2 aromatic rings. The Hall–Kier alpha value is -3.28. The van der Waals surface area contributed by atoms with Gasteiger partial charge in [-0.1, -0.05) is 0 Å². The van der Waals surface area contributed by atoms with Crippen molar-refractivity contribution in [2.24, 2.45) is 0 Å². The fourth-order valence-corrected chi connectivity index (χ4v) is 3.40. The minimum Gasteiger partial charge on any atom is -0.484 e. The van der Waals surface area contributed by atoms with Crippen molar-refractivity contribution >= 4 is 17.2 Å². The first-order chi connectivity index (χ1) is 14.2. The SMILES string of the molecule is CC1(Oc2cc(C(=N)c3cc(N4CCC(F)(C#N)CC4)ncn3)c(N)cc2F)CC1. The molecule has 1 aliphatic carbocycles.